The standard InChI is InChI=1S/C12H17F2N/c1-9(8-15)11-5-3-4-10(6-11)7-12(2,13)14/h3-6,9H,7-8,15H2,1-2H3. The van der Waals surface area contributed by atoms with Gasteiger partial charge in [0.15, 0.2) is 0 Å². The van der Waals surface area contributed by atoms with Crippen molar-refractivity contribution in [1.29, 1.82) is 0 Å². The van der Waals surface area contributed by atoms with Gasteiger partial charge in [-0.3, -0.25) is 0 Å². The van der Waals surface area contributed by atoms with Gasteiger partial charge in [-0.15, -0.1) is 0 Å². The third kappa shape index (κ3) is 3.96. The fourth-order valence-corrected chi connectivity index (χ4v) is 1.50. The van der Waals surface area contributed by atoms with E-state index < -0.39 is 5.92 Å². The quantitative estimate of drug-likeness (QED) is 0.817. The van der Waals surface area contributed by atoms with Crippen molar-refractivity contribution in [2.24, 2.45) is 5.73 Å². The largest absolute Gasteiger partial charge is 0.330 e. The molecular weight excluding hydrogens is 196 g/mol. The molecule has 1 aromatic rings. The van der Waals surface area contributed by atoms with Crippen LogP contribution in [0.3, 0.4) is 0 Å². The highest BCUT2D eigenvalue weighted by Crippen LogP contribution is 2.21. The minimum absolute atomic E-state index is 0.210. The van der Waals surface area contributed by atoms with Crippen LogP contribution >= 0.6 is 0 Å². The van der Waals surface area contributed by atoms with Crippen LogP contribution in [-0.2, 0) is 6.42 Å². The Morgan fingerprint density at radius 3 is 2.60 bits per heavy atom. The molecule has 0 aliphatic carbocycles. The smallest absolute Gasteiger partial charge is 0.249 e. The predicted octanol–water partition coefficient (Wildman–Crippen LogP) is 2.95. The summed E-state index contributed by atoms with van der Waals surface area (Å²) >= 11 is 0. The number of nitrogens with two attached hydrogens (primary N) is 1. The van der Waals surface area contributed by atoms with E-state index in [1.807, 2.05) is 25.1 Å². The lowest BCUT2D eigenvalue weighted by Crippen LogP contribution is -2.14. The molecule has 1 atom stereocenters. The second-order valence-electron chi connectivity index (χ2n) is 4.13. The molecule has 0 aromatic heterocycles. The average Bonchev–Trinajstić information content (AvgIpc) is 2.14. The first-order valence-corrected chi connectivity index (χ1v) is 5.09. The molecule has 15 heavy (non-hydrogen) atoms. The summed E-state index contributed by atoms with van der Waals surface area (Å²) in [4.78, 5) is 0. The summed E-state index contributed by atoms with van der Waals surface area (Å²) in [6, 6.07) is 7.27. The van der Waals surface area contributed by atoms with Gasteiger partial charge in [0, 0.05) is 6.42 Å². The zero-order valence-corrected chi connectivity index (χ0v) is 9.13. The number of halogens is 2. The molecule has 84 valence electrons. The van der Waals surface area contributed by atoms with Gasteiger partial charge in [0.2, 0.25) is 5.92 Å². The minimum Gasteiger partial charge on any atom is -0.330 e. The highest BCUT2D eigenvalue weighted by atomic mass is 19.3. The molecular formula is C12H17F2N. The highest BCUT2D eigenvalue weighted by Gasteiger charge is 2.21. The molecule has 1 unspecified atom stereocenters. The SMILES string of the molecule is CC(CN)c1cccc(CC(C)(F)F)c1. The molecule has 0 fully saturated rings. The highest BCUT2D eigenvalue weighted by molar-refractivity contribution is 5.27. The van der Waals surface area contributed by atoms with E-state index in [2.05, 4.69) is 0 Å². The summed E-state index contributed by atoms with van der Waals surface area (Å²) in [5.41, 5.74) is 7.23. The monoisotopic (exact) mass is 213 g/mol. The molecule has 0 aliphatic heterocycles. The topological polar surface area (TPSA) is 26.0 Å². The van der Waals surface area contributed by atoms with Gasteiger partial charge in [-0.1, -0.05) is 31.2 Å². The van der Waals surface area contributed by atoms with Crippen LogP contribution in [0.2, 0.25) is 0 Å². The summed E-state index contributed by atoms with van der Waals surface area (Å²) in [5, 5.41) is 0. The van der Waals surface area contributed by atoms with Gasteiger partial charge in [-0.2, -0.15) is 0 Å². The van der Waals surface area contributed by atoms with Crippen LogP contribution in [0.5, 0.6) is 0 Å². The first-order chi connectivity index (χ1) is 6.92. The molecule has 0 amide bonds. The van der Waals surface area contributed by atoms with E-state index in [1.165, 1.54) is 0 Å². The second kappa shape index (κ2) is 4.71. The molecule has 2 N–H and O–H groups in total. The third-order valence-electron chi connectivity index (χ3n) is 2.39. The van der Waals surface area contributed by atoms with Crippen LogP contribution in [0.4, 0.5) is 8.78 Å². The molecule has 0 spiro atoms. The zero-order chi connectivity index (χ0) is 11.5. The van der Waals surface area contributed by atoms with Crippen molar-refractivity contribution in [3.05, 3.63) is 35.4 Å². The van der Waals surface area contributed by atoms with Crippen molar-refractivity contribution in [1.82, 2.24) is 0 Å². The summed E-state index contributed by atoms with van der Waals surface area (Å²) in [7, 11) is 0. The van der Waals surface area contributed by atoms with Crippen molar-refractivity contribution in [2.45, 2.75) is 32.1 Å². The molecule has 1 rings (SSSR count). The molecule has 1 nitrogen and oxygen atoms in total. The molecule has 0 saturated carbocycles. The van der Waals surface area contributed by atoms with E-state index >= 15 is 0 Å². The molecule has 0 bridgehead atoms. The van der Waals surface area contributed by atoms with Crippen LogP contribution in [0.15, 0.2) is 24.3 Å². The second-order valence-corrected chi connectivity index (χ2v) is 4.13. The van der Waals surface area contributed by atoms with Crippen LogP contribution in [0, 0.1) is 0 Å². The molecule has 0 saturated heterocycles. The molecule has 3 heteroatoms. The Morgan fingerprint density at radius 1 is 1.40 bits per heavy atom. The first-order valence-electron chi connectivity index (χ1n) is 5.09. The van der Waals surface area contributed by atoms with Gasteiger partial charge < -0.3 is 5.73 Å². The fourth-order valence-electron chi connectivity index (χ4n) is 1.50. The Balaban J connectivity index is 2.83. The lowest BCUT2D eigenvalue weighted by Gasteiger charge is -2.13. The number of benzene rings is 1. The van der Waals surface area contributed by atoms with Gasteiger partial charge in [0.05, 0.1) is 0 Å². The number of hydrogen-bond donors (Lipinski definition) is 1. The van der Waals surface area contributed by atoms with Crippen LogP contribution in [0.1, 0.15) is 30.9 Å². The third-order valence-corrected chi connectivity index (χ3v) is 2.39. The van der Waals surface area contributed by atoms with E-state index in [-0.39, 0.29) is 12.3 Å². The summed E-state index contributed by atoms with van der Waals surface area (Å²) in [5.74, 6) is -2.43. The van der Waals surface area contributed by atoms with Gasteiger partial charge in [-0.25, -0.2) is 8.78 Å². The van der Waals surface area contributed by atoms with Crippen molar-refractivity contribution < 1.29 is 8.78 Å². The van der Waals surface area contributed by atoms with Gasteiger partial charge >= 0.3 is 0 Å². The van der Waals surface area contributed by atoms with E-state index in [1.54, 1.807) is 6.07 Å². The van der Waals surface area contributed by atoms with Gasteiger partial charge in [0.1, 0.15) is 0 Å². The summed E-state index contributed by atoms with van der Waals surface area (Å²) in [6.07, 6.45) is -0.210. The van der Waals surface area contributed by atoms with Crippen LogP contribution in [-0.4, -0.2) is 12.5 Å². The first kappa shape index (κ1) is 12.1. The number of alkyl halides is 2. The minimum atomic E-state index is -2.65. The molecule has 0 heterocycles. The predicted molar refractivity (Wildman–Crippen MR) is 58.2 cm³/mol. The molecule has 1 aromatic carbocycles. The Bertz CT molecular complexity index is 318. The van der Waals surface area contributed by atoms with Crippen LogP contribution in [0.25, 0.3) is 0 Å². The molecule has 0 radical (unpaired) electrons. The maximum atomic E-state index is 12.8. The van der Waals surface area contributed by atoms with E-state index in [9.17, 15) is 8.78 Å². The summed E-state index contributed by atoms with van der Waals surface area (Å²) in [6.45, 7) is 3.46. The van der Waals surface area contributed by atoms with Crippen molar-refractivity contribution in [2.75, 3.05) is 6.54 Å². The summed E-state index contributed by atoms with van der Waals surface area (Å²) < 4.78 is 25.6. The Kier molecular flexibility index (Phi) is 3.80. The van der Waals surface area contributed by atoms with Gasteiger partial charge in [0.25, 0.3) is 0 Å². The molecule has 0 aliphatic rings. The maximum Gasteiger partial charge on any atom is 0.249 e. The van der Waals surface area contributed by atoms with Crippen molar-refractivity contribution in [3.63, 3.8) is 0 Å². The average molecular weight is 213 g/mol. The lowest BCUT2D eigenvalue weighted by molar-refractivity contribution is 0.0226. The fraction of sp³-hybridized carbons (Fsp3) is 0.500. The maximum absolute atomic E-state index is 12.8. The Hall–Kier alpha value is -0.960. The Labute approximate surface area is 89.3 Å². The lowest BCUT2D eigenvalue weighted by atomic mass is 9.97. The normalized spacial score (nSPS) is 13.9. The zero-order valence-electron chi connectivity index (χ0n) is 9.13. The van der Waals surface area contributed by atoms with Crippen LogP contribution < -0.4 is 5.73 Å². The van der Waals surface area contributed by atoms with Crippen molar-refractivity contribution >= 4 is 0 Å². The van der Waals surface area contributed by atoms with E-state index in [4.69, 9.17) is 5.73 Å². The van der Waals surface area contributed by atoms with Gasteiger partial charge in [-0.05, 0) is 30.5 Å². The van der Waals surface area contributed by atoms with E-state index in [0.29, 0.717) is 12.1 Å². The Morgan fingerprint density at radius 2 is 2.07 bits per heavy atom. The number of rotatable bonds is 4. The van der Waals surface area contributed by atoms with Crippen molar-refractivity contribution in [3.8, 4) is 0 Å². The number of hydrogen-bond acceptors (Lipinski definition) is 1. The van der Waals surface area contributed by atoms with E-state index in [0.717, 1.165) is 12.5 Å².